The Morgan fingerprint density at radius 2 is 2.07 bits per heavy atom. The second-order valence-corrected chi connectivity index (χ2v) is 7.74. The zero-order valence-electron chi connectivity index (χ0n) is 15.7. The predicted octanol–water partition coefficient (Wildman–Crippen LogP) is 3.93. The van der Waals surface area contributed by atoms with Crippen LogP contribution in [0.4, 0.5) is 5.69 Å². The average molecular weight is 395 g/mol. The van der Waals surface area contributed by atoms with Gasteiger partial charge in [-0.2, -0.15) is 0 Å². The highest BCUT2D eigenvalue weighted by atomic mass is 32.1. The summed E-state index contributed by atoms with van der Waals surface area (Å²) in [6.45, 7) is 1.47. The van der Waals surface area contributed by atoms with Crippen molar-refractivity contribution in [1.29, 1.82) is 0 Å². The van der Waals surface area contributed by atoms with Crippen molar-refractivity contribution in [3.05, 3.63) is 59.9 Å². The van der Waals surface area contributed by atoms with Crippen molar-refractivity contribution in [2.75, 3.05) is 25.5 Å². The van der Waals surface area contributed by atoms with Gasteiger partial charge in [0.15, 0.2) is 0 Å². The lowest BCUT2D eigenvalue weighted by Crippen LogP contribution is -2.42. The van der Waals surface area contributed by atoms with E-state index in [2.05, 4.69) is 15.3 Å². The van der Waals surface area contributed by atoms with Crippen molar-refractivity contribution in [3.63, 3.8) is 0 Å². The number of nitrogens with zero attached hydrogens (tertiary/aromatic N) is 3. The summed E-state index contributed by atoms with van der Waals surface area (Å²) in [7, 11) is 1.67. The predicted molar refractivity (Wildman–Crippen MR) is 111 cm³/mol. The van der Waals surface area contributed by atoms with Crippen LogP contribution in [0.25, 0.3) is 10.6 Å². The fourth-order valence-electron chi connectivity index (χ4n) is 3.33. The van der Waals surface area contributed by atoms with E-state index >= 15 is 0 Å². The van der Waals surface area contributed by atoms with Crippen molar-refractivity contribution in [1.82, 2.24) is 14.9 Å². The Hall–Kier alpha value is -2.93. The van der Waals surface area contributed by atoms with Crippen LogP contribution in [0.2, 0.25) is 0 Å². The van der Waals surface area contributed by atoms with Crippen molar-refractivity contribution < 1.29 is 9.53 Å². The molecule has 1 N–H and O–H groups in total. The van der Waals surface area contributed by atoms with E-state index in [0.717, 1.165) is 47.9 Å². The van der Waals surface area contributed by atoms with Crippen LogP contribution in [0.1, 0.15) is 22.5 Å². The summed E-state index contributed by atoms with van der Waals surface area (Å²) in [6, 6.07) is 12.1. The van der Waals surface area contributed by atoms with Crippen LogP contribution in [0.15, 0.2) is 55.0 Å². The highest BCUT2D eigenvalue weighted by molar-refractivity contribution is 7.16. The topological polar surface area (TPSA) is 67.3 Å². The van der Waals surface area contributed by atoms with Crippen LogP contribution in [-0.2, 0) is 0 Å². The minimum atomic E-state index is 0.0625. The van der Waals surface area contributed by atoms with Gasteiger partial charge in [0.25, 0.3) is 5.91 Å². The van der Waals surface area contributed by atoms with Gasteiger partial charge in [0.2, 0.25) is 0 Å². The third-order valence-electron chi connectivity index (χ3n) is 4.85. The third kappa shape index (κ3) is 4.14. The maximum Gasteiger partial charge on any atom is 0.265 e. The fraction of sp³-hybridized carbons (Fsp3) is 0.286. The van der Waals surface area contributed by atoms with E-state index in [4.69, 9.17) is 4.74 Å². The summed E-state index contributed by atoms with van der Waals surface area (Å²) in [4.78, 5) is 23.9. The SMILES string of the molecule is COc1cccc(NC2CCN(C(=O)c3cnc(-c4cccnc4)s3)CC2)c1. The maximum atomic E-state index is 12.8. The molecule has 0 saturated carbocycles. The van der Waals surface area contributed by atoms with Gasteiger partial charge >= 0.3 is 0 Å². The van der Waals surface area contributed by atoms with Crippen LogP contribution in [0, 0.1) is 0 Å². The summed E-state index contributed by atoms with van der Waals surface area (Å²) in [5.41, 5.74) is 1.99. The number of aromatic nitrogens is 2. The van der Waals surface area contributed by atoms with Crippen molar-refractivity contribution in [2.24, 2.45) is 0 Å². The monoisotopic (exact) mass is 394 g/mol. The second-order valence-electron chi connectivity index (χ2n) is 6.71. The van der Waals surface area contributed by atoms with E-state index in [1.54, 1.807) is 25.7 Å². The Kier molecular flexibility index (Phi) is 5.53. The lowest BCUT2D eigenvalue weighted by molar-refractivity contribution is 0.0723. The molecule has 0 radical (unpaired) electrons. The minimum absolute atomic E-state index is 0.0625. The lowest BCUT2D eigenvalue weighted by Gasteiger charge is -2.32. The van der Waals surface area contributed by atoms with Gasteiger partial charge in [-0.05, 0) is 37.1 Å². The Balaban J connectivity index is 1.34. The third-order valence-corrected chi connectivity index (χ3v) is 5.88. The van der Waals surface area contributed by atoms with Gasteiger partial charge in [-0.3, -0.25) is 9.78 Å². The molecule has 6 nitrogen and oxygen atoms in total. The average Bonchev–Trinajstić information content (AvgIpc) is 3.25. The number of nitrogens with one attached hydrogen (secondary N) is 1. The second kappa shape index (κ2) is 8.39. The van der Waals surface area contributed by atoms with E-state index in [9.17, 15) is 4.79 Å². The van der Waals surface area contributed by atoms with Gasteiger partial charge in [0.1, 0.15) is 15.6 Å². The molecule has 3 heterocycles. The van der Waals surface area contributed by atoms with Gasteiger partial charge in [-0.15, -0.1) is 11.3 Å². The van der Waals surface area contributed by atoms with Crippen LogP contribution in [0.5, 0.6) is 5.75 Å². The first-order valence-corrected chi connectivity index (χ1v) is 10.1. The molecule has 0 unspecified atom stereocenters. The quantitative estimate of drug-likeness (QED) is 0.710. The molecule has 1 amide bonds. The standard InChI is InChI=1S/C21H22N4O2S/c1-27-18-6-2-5-17(12-18)24-16-7-10-25(11-8-16)21(26)19-14-23-20(28-19)15-4-3-9-22-13-15/h2-6,9,12-14,16,24H,7-8,10-11H2,1H3. The molecule has 1 aliphatic rings. The number of anilines is 1. The number of hydrogen-bond acceptors (Lipinski definition) is 6. The first kappa shape index (κ1) is 18.4. The number of rotatable bonds is 5. The van der Waals surface area contributed by atoms with E-state index < -0.39 is 0 Å². The summed E-state index contributed by atoms with van der Waals surface area (Å²) in [5, 5.41) is 4.37. The first-order valence-electron chi connectivity index (χ1n) is 9.29. The molecular weight excluding hydrogens is 372 g/mol. The Morgan fingerprint density at radius 3 is 2.82 bits per heavy atom. The highest BCUT2D eigenvalue weighted by Crippen LogP contribution is 2.27. The van der Waals surface area contributed by atoms with E-state index in [-0.39, 0.29) is 5.91 Å². The number of hydrogen-bond donors (Lipinski definition) is 1. The molecule has 1 aromatic carbocycles. The summed E-state index contributed by atoms with van der Waals surface area (Å²) >= 11 is 1.42. The van der Waals surface area contributed by atoms with E-state index in [1.165, 1.54) is 11.3 Å². The number of methoxy groups -OCH3 is 1. The molecule has 7 heteroatoms. The summed E-state index contributed by atoms with van der Waals surface area (Å²) in [6.07, 6.45) is 7.00. The van der Waals surface area contributed by atoms with Gasteiger partial charge in [0, 0.05) is 48.8 Å². The largest absolute Gasteiger partial charge is 0.497 e. The molecule has 1 aliphatic heterocycles. The van der Waals surface area contributed by atoms with Crippen molar-refractivity contribution >= 4 is 22.9 Å². The normalized spacial score (nSPS) is 14.7. The maximum absolute atomic E-state index is 12.8. The van der Waals surface area contributed by atoms with Gasteiger partial charge in [-0.1, -0.05) is 6.07 Å². The minimum Gasteiger partial charge on any atom is -0.497 e. The number of carbonyl (C=O) groups is 1. The fourth-order valence-corrected chi connectivity index (χ4v) is 4.20. The number of benzene rings is 1. The summed E-state index contributed by atoms with van der Waals surface area (Å²) in [5.74, 6) is 0.903. The molecule has 0 spiro atoms. The van der Waals surface area contributed by atoms with Crippen LogP contribution >= 0.6 is 11.3 Å². The van der Waals surface area contributed by atoms with Gasteiger partial charge in [0.05, 0.1) is 13.3 Å². The van der Waals surface area contributed by atoms with Crippen LogP contribution in [0.3, 0.4) is 0 Å². The number of piperidine rings is 1. The molecule has 0 aliphatic carbocycles. The summed E-state index contributed by atoms with van der Waals surface area (Å²) < 4.78 is 5.27. The molecular formula is C21H22N4O2S. The Bertz CT molecular complexity index is 936. The highest BCUT2D eigenvalue weighted by Gasteiger charge is 2.25. The Morgan fingerprint density at radius 1 is 1.21 bits per heavy atom. The zero-order chi connectivity index (χ0) is 19.3. The molecule has 0 bridgehead atoms. The molecule has 4 rings (SSSR count). The smallest absolute Gasteiger partial charge is 0.265 e. The molecule has 3 aromatic rings. The number of likely N-dealkylation sites (tertiary alicyclic amines) is 1. The number of amides is 1. The molecule has 2 aromatic heterocycles. The molecule has 28 heavy (non-hydrogen) atoms. The van der Waals surface area contributed by atoms with Crippen molar-refractivity contribution in [3.8, 4) is 16.3 Å². The molecule has 1 fully saturated rings. The number of ether oxygens (including phenoxy) is 1. The van der Waals surface area contributed by atoms with E-state index in [1.807, 2.05) is 41.3 Å². The number of carbonyl (C=O) groups excluding carboxylic acids is 1. The first-order chi connectivity index (χ1) is 13.7. The number of pyridine rings is 1. The molecule has 0 atom stereocenters. The van der Waals surface area contributed by atoms with Crippen molar-refractivity contribution in [2.45, 2.75) is 18.9 Å². The number of thiazole rings is 1. The molecule has 1 saturated heterocycles. The van der Waals surface area contributed by atoms with Gasteiger partial charge in [-0.25, -0.2) is 4.98 Å². The van der Waals surface area contributed by atoms with Crippen LogP contribution in [-0.4, -0.2) is 47.0 Å². The van der Waals surface area contributed by atoms with Gasteiger partial charge < -0.3 is 15.0 Å². The Labute approximate surface area is 168 Å². The molecule has 144 valence electrons. The zero-order valence-corrected chi connectivity index (χ0v) is 16.5. The van der Waals surface area contributed by atoms with Crippen LogP contribution < -0.4 is 10.1 Å². The van der Waals surface area contributed by atoms with E-state index in [0.29, 0.717) is 10.9 Å². The lowest BCUT2D eigenvalue weighted by atomic mass is 10.0.